The minimum absolute atomic E-state index is 0.0853. The maximum Gasteiger partial charge on any atom is 0.236 e. The number of likely N-dealkylation sites (tertiary alicyclic amines) is 1. The summed E-state index contributed by atoms with van der Waals surface area (Å²) in [7, 11) is 0. The zero-order valence-corrected chi connectivity index (χ0v) is 19.8. The first-order valence-electron chi connectivity index (χ1n) is 11.3. The van der Waals surface area contributed by atoms with Crippen LogP contribution in [0.4, 0.5) is 0 Å². The molecule has 2 aliphatic rings. The molecule has 2 aliphatic heterocycles. The first-order valence-corrected chi connectivity index (χ1v) is 12.0. The van der Waals surface area contributed by atoms with Gasteiger partial charge in [-0.1, -0.05) is 83.9 Å². The molecule has 0 aliphatic carbocycles. The van der Waals surface area contributed by atoms with Crippen LogP contribution < -0.4 is 5.32 Å². The van der Waals surface area contributed by atoms with Gasteiger partial charge in [0.25, 0.3) is 0 Å². The van der Waals surface area contributed by atoms with Crippen molar-refractivity contribution in [2.75, 3.05) is 19.6 Å². The number of benzene rings is 3. The van der Waals surface area contributed by atoms with Gasteiger partial charge in [-0.15, -0.1) is 0 Å². The van der Waals surface area contributed by atoms with Gasteiger partial charge in [0.15, 0.2) is 0 Å². The standard InChI is InChI=1S/C27H26Cl2N2O2/c28-21-10-11-22(24(29)16-21)26(19-6-2-1-3-7-19)30-17-25(32)31-14-12-27(13-15-31)23-9-5-4-8-20(23)18-33-27/h1-11,16,26,30H,12-15,17-18H2. The Morgan fingerprint density at radius 2 is 1.73 bits per heavy atom. The first kappa shape index (κ1) is 22.4. The zero-order chi connectivity index (χ0) is 22.8. The van der Waals surface area contributed by atoms with E-state index in [1.165, 1.54) is 11.1 Å². The average molecular weight is 481 g/mol. The minimum Gasteiger partial charge on any atom is -0.365 e. The van der Waals surface area contributed by atoms with Gasteiger partial charge in [-0.3, -0.25) is 10.1 Å². The topological polar surface area (TPSA) is 41.6 Å². The summed E-state index contributed by atoms with van der Waals surface area (Å²) in [5.41, 5.74) is 4.25. The van der Waals surface area contributed by atoms with Gasteiger partial charge < -0.3 is 9.64 Å². The van der Waals surface area contributed by atoms with Crippen LogP contribution in [0.25, 0.3) is 0 Å². The third-order valence-corrected chi connectivity index (χ3v) is 7.36. The van der Waals surface area contributed by atoms with Crippen LogP contribution in [0.15, 0.2) is 72.8 Å². The molecule has 1 saturated heterocycles. The van der Waals surface area contributed by atoms with Crippen molar-refractivity contribution < 1.29 is 9.53 Å². The van der Waals surface area contributed by atoms with Gasteiger partial charge in [0.05, 0.1) is 24.8 Å². The summed E-state index contributed by atoms with van der Waals surface area (Å²) < 4.78 is 6.24. The van der Waals surface area contributed by atoms with E-state index in [4.69, 9.17) is 27.9 Å². The van der Waals surface area contributed by atoms with E-state index >= 15 is 0 Å². The molecule has 3 aromatic carbocycles. The number of piperidine rings is 1. The minimum atomic E-state index is -0.246. The average Bonchev–Trinajstić information content (AvgIpc) is 3.19. The Kier molecular flexibility index (Phi) is 6.44. The lowest BCUT2D eigenvalue weighted by Gasteiger charge is -2.39. The van der Waals surface area contributed by atoms with Crippen molar-refractivity contribution in [1.29, 1.82) is 0 Å². The van der Waals surface area contributed by atoms with Crippen LogP contribution in [0.5, 0.6) is 0 Å². The fourth-order valence-corrected chi connectivity index (χ4v) is 5.52. The van der Waals surface area contributed by atoms with Crippen molar-refractivity contribution in [2.45, 2.75) is 31.1 Å². The molecule has 1 unspecified atom stereocenters. The SMILES string of the molecule is O=C(CNC(c1ccccc1)c1ccc(Cl)cc1Cl)N1CCC2(CC1)OCc1ccccc12. The number of nitrogens with one attached hydrogen (secondary N) is 1. The maximum atomic E-state index is 13.1. The predicted molar refractivity (Wildman–Crippen MR) is 131 cm³/mol. The molecule has 6 heteroatoms. The molecule has 0 radical (unpaired) electrons. The molecule has 3 aromatic rings. The molecule has 4 nitrogen and oxygen atoms in total. The Balaban J connectivity index is 1.26. The normalized spacial score (nSPS) is 17.7. The van der Waals surface area contributed by atoms with Gasteiger partial charge in [-0.25, -0.2) is 0 Å². The van der Waals surface area contributed by atoms with E-state index in [0.29, 0.717) is 29.7 Å². The number of amides is 1. The number of nitrogens with zero attached hydrogens (tertiary/aromatic N) is 1. The predicted octanol–water partition coefficient (Wildman–Crippen LogP) is 5.72. The van der Waals surface area contributed by atoms with Gasteiger partial charge in [-0.2, -0.15) is 0 Å². The number of hydrogen-bond acceptors (Lipinski definition) is 3. The van der Waals surface area contributed by atoms with Gasteiger partial charge in [0.1, 0.15) is 0 Å². The molecule has 33 heavy (non-hydrogen) atoms. The van der Waals surface area contributed by atoms with Crippen LogP contribution in [0.1, 0.15) is 41.1 Å². The van der Waals surface area contributed by atoms with E-state index in [-0.39, 0.29) is 24.1 Å². The molecule has 0 bridgehead atoms. The van der Waals surface area contributed by atoms with E-state index in [1.807, 2.05) is 47.4 Å². The number of carbonyl (C=O) groups excluding carboxylic acids is 1. The van der Waals surface area contributed by atoms with E-state index in [9.17, 15) is 4.79 Å². The van der Waals surface area contributed by atoms with Crippen LogP contribution >= 0.6 is 23.2 Å². The van der Waals surface area contributed by atoms with E-state index in [1.54, 1.807) is 6.07 Å². The van der Waals surface area contributed by atoms with Crippen LogP contribution in [-0.4, -0.2) is 30.4 Å². The smallest absolute Gasteiger partial charge is 0.236 e. The second-order valence-corrected chi connectivity index (χ2v) is 9.55. The number of hydrogen-bond donors (Lipinski definition) is 1. The summed E-state index contributed by atoms with van der Waals surface area (Å²) in [5.74, 6) is 0.0853. The Labute approximate surface area is 204 Å². The molecule has 1 amide bonds. The Hall–Kier alpha value is -2.37. The van der Waals surface area contributed by atoms with Gasteiger partial charge >= 0.3 is 0 Å². The molecular weight excluding hydrogens is 455 g/mol. The van der Waals surface area contributed by atoms with Crippen LogP contribution in [0, 0.1) is 0 Å². The maximum absolute atomic E-state index is 13.1. The van der Waals surface area contributed by atoms with Crippen molar-refractivity contribution in [2.24, 2.45) is 0 Å². The summed E-state index contributed by atoms with van der Waals surface area (Å²) in [5, 5.41) is 4.60. The molecule has 0 aromatic heterocycles. The van der Waals surface area contributed by atoms with Crippen LogP contribution in [0.2, 0.25) is 10.0 Å². The zero-order valence-electron chi connectivity index (χ0n) is 18.3. The summed E-state index contributed by atoms with van der Waals surface area (Å²) in [6.07, 6.45) is 1.64. The number of ether oxygens (including phenoxy) is 1. The fourth-order valence-electron chi connectivity index (χ4n) is 5.00. The molecule has 1 atom stereocenters. The Morgan fingerprint density at radius 1 is 1.00 bits per heavy atom. The summed E-state index contributed by atoms with van der Waals surface area (Å²) in [6, 6.07) is 23.7. The highest BCUT2D eigenvalue weighted by Crippen LogP contribution is 2.44. The lowest BCUT2D eigenvalue weighted by molar-refractivity contribution is -0.137. The highest BCUT2D eigenvalue weighted by Gasteiger charge is 2.43. The molecule has 0 saturated carbocycles. The third kappa shape index (κ3) is 4.53. The molecule has 2 heterocycles. The van der Waals surface area contributed by atoms with Crippen molar-refractivity contribution >= 4 is 29.1 Å². The summed E-state index contributed by atoms with van der Waals surface area (Å²) in [4.78, 5) is 15.1. The lowest BCUT2D eigenvalue weighted by Crippen LogP contribution is -2.48. The van der Waals surface area contributed by atoms with Gasteiger partial charge in [0, 0.05) is 23.1 Å². The van der Waals surface area contributed by atoms with Crippen molar-refractivity contribution in [3.8, 4) is 0 Å². The number of rotatable bonds is 5. The monoisotopic (exact) mass is 480 g/mol. The van der Waals surface area contributed by atoms with E-state index in [0.717, 1.165) is 24.0 Å². The highest BCUT2D eigenvalue weighted by molar-refractivity contribution is 6.35. The second kappa shape index (κ2) is 9.47. The van der Waals surface area contributed by atoms with Crippen LogP contribution in [0.3, 0.4) is 0 Å². The number of carbonyl (C=O) groups is 1. The third-order valence-electron chi connectivity index (χ3n) is 6.80. The van der Waals surface area contributed by atoms with Crippen molar-refractivity contribution in [1.82, 2.24) is 10.2 Å². The Bertz CT molecular complexity index is 1140. The van der Waals surface area contributed by atoms with E-state index in [2.05, 4.69) is 29.6 Å². The van der Waals surface area contributed by atoms with Crippen LogP contribution in [-0.2, 0) is 21.7 Å². The lowest BCUT2D eigenvalue weighted by atomic mass is 9.84. The largest absolute Gasteiger partial charge is 0.365 e. The first-order chi connectivity index (χ1) is 16.1. The molecule has 1 N–H and O–H groups in total. The second-order valence-electron chi connectivity index (χ2n) is 8.71. The van der Waals surface area contributed by atoms with Gasteiger partial charge in [-0.05, 0) is 47.2 Å². The molecule has 1 fully saturated rings. The highest BCUT2D eigenvalue weighted by atomic mass is 35.5. The quantitative estimate of drug-likeness (QED) is 0.507. The molecule has 1 spiro atoms. The summed E-state index contributed by atoms with van der Waals surface area (Å²) in [6.45, 7) is 2.26. The summed E-state index contributed by atoms with van der Waals surface area (Å²) >= 11 is 12.6. The van der Waals surface area contributed by atoms with E-state index < -0.39 is 0 Å². The van der Waals surface area contributed by atoms with Crippen molar-refractivity contribution in [3.63, 3.8) is 0 Å². The fraction of sp³-hybridized carbons (Fsp3) is 0.296. The molecule has 5 rings (SSSR count). The van der Waals surface area contributed by atoms with Gasteiger partial charge in [0.2, 0.25) is 5.91 Å². The molecule has 170 valence electrons. The number of halogens is 2. The Morgan fingerprint density at radius 3 is 2.48 bits per heavy atom. The molecular formula is C27H26Cl2N2O2. The van der Waals surface area contributed by atoms with Crippen molar-refractivity contribution in [3.05, 3.63) is 105 Å². The number of fused-ring (bicyclic) bond motifs is 2.